The first-order chi connectivity index (χ1) is 7.21. The van der Waals surface area contributed by atoms with E-state index in [0.29, 0.717) is 24.6 Å². The summed E-state index contributed by atoms with van der Waals surface area (Å²) < 4.78 is 0. The van der Waals surface area contributed by atoms with Crippen LogP contribution in [0.5, 0.6) is 0 Å². The second-order valence-corrected chi connectivity index (χ2v) is 3.21. The summed E-state index contributed by atoms with van der Waals surface area (Å²) in [6, 6.07) is 1.46. The van der Waals surface area contributed by atoms with Gasteiger partial charge in [0, 0.05) is 25.6 Å². The monoisotopic (exact) mass is 211 g/mol. The highest BCUT2D eigenvalue weighted by Gasteiger charge is 2.07. The molecule has 15 heavy (non-hydrogen) atoms. The number of nitrogens with zero attached hydrogens (tertiary/aromatic N) is 2. The van der Waals surface area contributed by atoms with E-state index in [2.05, 4.69) is 9.97 Å². The van der Waals surface area contributed by atoms with E-state index in [0.717, 1.165) is 6.54 Å². The molecule has 0 saturated carbocycles. The quantitative estimate of drug-likeness (QED) is 0.727. The molecule has 84 valence electrons. The molecule has 0 fully saturated rings. The Morgan fingerprint density at radius 1 is 1.53 bits per heavy atom. The Morgan fingerprint density at radius 3 is 2.80 bits per heavy atom. The number of hydrogen-bond acceptors (Lipinski definition) is 4. The Bertz CT molecular complexity index is 362. The Balaban J connectivity index is 3.00. The Kier molecular flexibility index (Phi) is 4.30. The van der Waals surface area contributed by atoms with Gasteiger partial charge in [-0.1, -0.05) is 6.92 Å². The highest BCUT2D eigenvalue weighted by atomic mass is 16.3. The van der Waals surface area contributed by atoms with Crippen LogP contribution in [0.15, 0.2) is 10.9 Å². The van der Waals surface area contributed by atoms with Gasteiger partial charge in [0.2, 0.25) is 0 Å². The van der Waals surface area contributed by atoms with Crippen LogP contribution in [0.4, 0.5) is 5.82 Å². The van der Waals surface area contributed by atoms with Gasteiger partial charge in [-0.3, -0.25) is 4.79 Å². The van der Waals surface area contributed by atoms with Gasteiger partial charge in [0.25, 0.3) is 5.56 Å². The molecular formula is C10H17N3O2. The van der Waals surface area contributed by atoms with Crippen molar-refractivity contribution in [3.05, 3.63) is 22.2 Å². The number of rotatable bonds is 5. The van der Waals surface area contributed by atoms with Crippen molar-refractivity contribution in [2.75, 3.05) is 24.6 Å². The Morgan fingerprint density at radius 2 is 2.27 bits per heavy atom. The first-order valence-electron chi connectivity index (χ1n) is 5.17. The average Bonchev–Trinajstić information content (AvgIpc) is 2.24. The number of aryl methyl sites for hydroxylation is 1. The summed E-state index contributed by atoms with van der Waals surface area (Å²) in [6.45, 7) is 5.18. The molecule has 0 amide bonds. The molecule has 0 bridgehead atoms. The second kappa shape index (κ2) is 5.50. The maximum absolute atomic E-state index is 11.3. The van der Waals surface area contributed by atoms with Gasteiger partial charge in [-0.15, -0.1) is 0 Å². The third-order valence-electron chi connectivity index (χ3n) is 2.19. The minimum absolute atomic E-state index is 0.0593. The van der Waals surface area contributed by atoms with Crippen LogP contribution < -0.4 is 10.5 Å². The van der Waals surface area contributed by atoms with Crippen molar-refractivity contribution in [2.45, 2.75) is 20.3 Å². The van der Waals surface area contributed by atoms with Crippen LogP contribution >= 0.6 is 0 Å². The number of aromatic amines is 1. The number of hydrogen-bond donors (Lipinski definition) is 2. The van der Waals surface area contributed by atoms with Crippen LogP contribution in [0, 0.1) is 0 Å². The Labute approximate surface area is 88.8 Å². The van der Waals surface area contributed by atoms with E-state index >= 15 is 0 Å². The second-order valence-electron chi connectivity index (χ2n) is 3.21. The van der Waals surface area contributed by atoms with Gasteiger partial charge in [0.1, 0.15) is 11.6 Å². The molecule has 5 nitrogen and oxygen atoms in total. The largest absolute Gasteiger partial charge is 0.395 e. The SMILES string of the molecule is CCc1nc(N(CC)CCO)cc(=O)[nH]1. The number of H-pyrrole nitrogens is 1. The van der Waals surface area contributed by atoms with E-state index in [1.54, 1.807) is 0 Å². The lowest BCUT2D eigenvalue weighted by Crippen LogP contribution is -2.29. The zero-order valence-electron chi connectivity index (χ0n) is 9.16. The lowest BCUT2D eigenvalue weighted by molar-refractivity contribution is 0.302. The van der Waals surface area contributed by atoms with E-state index in [1.807, 2.05) is 18.7 Å². The smallest absolute Gasteiger partial charge is 0.252 e. The van der Waals surface area contributed by atoms with Crippen molar-refractivity contribution in [2.24, 2.45) is 0 Å². The fourth-order valence-electron chi connectivity index (χ4n) is 1.38. The molecule has 5 heteroatoms. The van der Waals surface area contributed by atoms with Crippen molar-refractivity contribution in [3.63, 3.8) is 0 Å². The molecule has 0 unspecified atom stereocenters. The molecule has 0 radical (unpaired) electrons. The third-order valence-corrected chi connectivity index (χ3v) is 2.19. The van der Waals surface area contributed by atoms with Crippen LogP contribution in [-0.2, 0) is 6.42 Å². The van der Waals surface area contributed by atoms with E-state index < -0.39 is 0 Å². The fourth-order valence-corrected chi connectivity index (χ4v) is 1.38. The summed E-state index contributed by atoms with van der Waals surface area (Å²) in [5.41, 5.74) is -0.145. The number of nitrogens with one attached hydrogen (secondary N) is 1. The minimum atomic E-state index is -0.145. The highest BCUT2D eigenvalue weighted by molar-refractivity contribution is 5.37. The van der Waals surface area contributed by atoms with E-state index in [-0.39, 0.29) is 12.2 Å². The molecule has 1 rings (SSSR count). The summed E-state index contributed by atoms with van der Waals surface area (Å²) in [4.78, 5) is 20.1. The van der Waals surface area contributed by atoms with Crippen molar-refractivity contribution in [1.82, 2.24) is 9.97 Å². The molecule has 0 aliphatic rings. The van der Waals surface area contributed by atoms with Gasteiger partial charge in [-0.05, 0) is 6.92 Å². The van der Waals surface area contributed by atoms with Crippen LogP contribution in [0.25, 0.3) is 0 Å². The lowest BCUT2D eigenvalue weighted by atomic mass is 10.4. The Hall–Kier alpha value is -1.36. The first kappa shape index (κ1) is 11.7. The molecule has 1 aromatic rings. The zero-order chi connectivity index (χ0) is 11.3. The highest BCUT2D eigenvalue weighted by Crippen LogP contribution is 2.06. The van der Waals surface area contributed by atoms with Crippen LogP contribution in [0.2, 0.25) is 0 Å². The number of aliphatic hydroxyl groups is 1. The summed E-state index contributed by atoms with van der Waals surface area (Å²) >= 11 is 0. The summed E-state index contributed by atoms with van der Waals surface area (Å²) in [5, 5.41) is 8.87. The third kappa shape index (κ3) is 3.06. The van der Waals surface area contributed by atoms with Crippen molar-refractivity contribution < 1.29 is 5.11 Å². The lowest BCUT2D eigenvalue weighted by Gasteiger charge is -2.20. The number of anilines is 1. The van der Waals surface area contributed by atoms with Gasteiger partial charge in [-0.2, -0.15) is 0 Å². The normalized spacial score (nSPS) is 10.3. The maximum Gasteiger partial charge on any atom is 0.252 e. The standard InChI is InChI=1S/C10H17N3O2/c1-3-8-11-9(7-10(15)12-8)13(4-2)5-6-14/h7,14H,3-6H2,1-2H3,(H,11,12,15). The van der Waals surface area contributed by atoms with Gasteiger partial charge >= 0.3 is 0 Å². The van der Waals surface area contributed by atoms with E-state index in [9.17, 15) is 4.79 Å². The van der Waals surface area contributed by atoms with Gasteiger partial charge in [-0.25, -0.2) is 4.98 Å². The summed E-state index contributed by atoms with van der Waals surface area (Å²) in [6.07, 6.45) is 0.694. The predicted octanol–water partition coefficient (Wildman–Crippen LogP) is 0.151. The predicted molar refractivity (Wildman–Crippen MR) is 59.2 cm³/mol. The molecule has 1 heterocycles. The van der Waals surface area contributed by atoms with Crippen LogP contribution in [0.3, 0.4) is 0 Å². The van der Waals surface area contributed by atoms with Gasteiger partial charge in [0.05, 0.1) is 6.61 Å². The molecule has 0 atom stereocenters. The van der Waals surface area contributed by atoms with Gasteiger partial charge < -0.3 is 15.0 Å². The maximum atomic E-state index is 11.3. The molecule has 0 spiro atoms. The minimum Gasteiger partial charge on any atom is -0.395 e. The van der Waals surface area contributed by atoms with E-state index in [4.69, 9.17) is 5.11 Å². The van der Waals surface area contributed by atoms with E-state index in [1.165, 1.54) is 6.07 Å². The fraction of sp³-hybridized carbons (Fsp3) is 0.600. The molecule has 2 N–H and O–H groups in total. The van der Waals surface area contributed by atoms with Crippen LogP contribution in [0.1, 0.15) is 19.7 Å². The number of aliphatic hydroxyl groups excluding tert-OH is 1. The zero-order valence-corrected chi connectivity index (χ0v) is 9.16. The number of likely N-dealkylation sites (N-methyl/N-ethyl adjacent to an activating group) is 1. The van der Waals surface area contributed by atoms with Gasteiger partial charge in [0.15, 0.2) is 0 Å². The van der Waals surface area contributed by atoms with Crippen molar-refractivity contribution in [3.8, 4) is 0 Å². The molecule has 0 saturated heterocycles. The van der Waals surface area contributed by atoms with Crippen molar-refractivity contribution >= 4 is 5.82 Å². The van der Waals surface area contributed by atoms with Crippen LogP contribution in [-0.4, -0.2) is 34.8 Å². The molecule has 0 aromatic carbocycles. The van der Waals surface area contributed by atoms with Crippen molar-refractivity contribution in [1.29, 1.82) is 0 Å². The first-order valence-corrected chi connectivity index (χ1v) is 5.17. The molecular weight excluding hydrogens is 194 g/mol. The molecule has 0 aliphatic carbocycles. The molecule has 0 aliphatic heterocycles. The summed E-state index contributed by atoms with van der Waals surface area (Å²) in [5.74, 6) is 1.31. The average molecular weight is 211 g/mol. The summed E-state index contributed by atoms with van der Waals surface area (Å²) in [7, 11) is 0. The molecule has 1 aromatic heterocycles. The number of aromatic nitrogens is 2. The topological polar surface area (TPSA) is 69.2 Å².